The fourth-order valence-electron chi connectivity index (χ4n) is 0.475. The highest BCUT2D eigenvalue weighted by molar-refractivity contribution is 7.88. The number of hydrogen-bond acceptors (Lipinski definition) is 5. The van der Waals surface area contributed by atoms with Crippen LogP contribution in [0.25, 0.3) is 0 Å². The number of nitrogens with one attached hydrogen (secondary N) is 1. The van der Waals surface area contributed by atoms with Gasteiger partial charge < -0.3 is 0 Å². The van der Waals surface area contributed by atoms with Gasteiger partial charge in [-0.25, -0.2) is 13.2 Å². The van der Waals surface area contributed by atoms with Crippen molar-refractivity contribution in [2.24, 2.45) is 5.10 Å². The van der Waals surface area contributed by atoms with Gasteiger partial charge >= 0.3 is 0 Å². The zero-order valence-corrected chi connectivity index (χ0v) is 7.89. The van der Waals surface area contributed by atoms with E-state index in [4.69, 9.17) is 0 Å². The second kappa shape index (κ2) is 3.63. The first kappa shape index (κ1) is 9.14. The van der Waals surface area contributed by atoms with Crippen LogP contribution in [0.5, 0.6) is 0 Å². The van der Waals surface area contributed by atoms with Crippen molar-refractivity contribution in [3.05, 3.63) is 16.6 Å². The average molecular weight is 205 g/mol. The Bertz CT molecular complexity index is 354. The molecule has 7 heteroatoms. The lowest BCUT2D eigenvalue weighted by Gasteiger charge is -1.91. The summed E-state index contributed by atoms with van der Waals surface area (Å²) in [6.45, 7) is 0. The molecule has 0 saturated heterocycles. The molecule has 12 heavy (non-hydrogen) atoms. The van der Waals surface area contributed by atoms with Crippen molar-refractivity contribution in [1.29, 1.82) is 0 Å². The molecule has 0 saturated carbocycles. The SMILES string of the molecule is CS(=O)(=O)N/N=C/c1cncs1. The lowest BCUT2D eigenvalue weighted by molar-refractivity contribution is 0.591. The number of thiazole rings is 1. The van der Waals surface area contributed by atoms with Gasteiger partial charge in [0.2, 0.25) is 10.0 Å². The third kappa shape index (κ3) is 3.44. The predicted molar refractivity (Wildman–Crippen MR) is 47.7 cm³/mol. The molecule has 5 nitrogen and oxygen atoms in total. The molecule has 0 amide bonds. The molecule has 1 heterocycles. The Labute approximate surface area is 74.2 Å². The molecule has 0 aromatic carbocycles. The van der Waals surface area contributed by atoms with Crippen molar-refractivity contribution >= 4 is 27.6 Å². The zero-order chi connectivity index (χ0) is 9.03. The standard InChI is InChI=1S/C5H7N3O2S2/c1-12(9,10)8-7-3-5-2-6-4-11-5/h2-4,8H,1H3/b7-3+. The van der Waals surface area contributed by atoms with Gasteiger partial charge in [0.1, 0.15) is 0 Å². The normalized spacial score (nSPS) is 12.1. The van der Waals surface area contributed by atoms with Crippen LogP contribution in [0.3, 0.4) is 0 Å². The molecule has 0 bridgehead atoms. The van der Waals surface area contributed by atoms with E-state index in [1.54, 1.807) is 11.7 Å². The van der Waals surface area contributed by atoms with E-state index in [0.717, 1.165) is 11.1 Å². The molecule has 0 unspecified atom stereocenters. The maximum absolute atomic E-state index is 10.5. The molecule has 0 aliphatic carbocycles. The summed E-state index contributed by atoms with van der Waals surface area (Å²) in [5, 5.41) is 3.49. The molecule has 0 aliphatic heterocycles. The largest absolute Gasteiger partial charge is 0.252 e. The smallest absolute Gasteiger partial charge is 0.244 e. The van der Waals surface area contributed by atoms with Gasteiger partial charge in [-0.05, 0) is 0 Å². The first-order valence-electron chi connectivity index (χ1n) is 2.96. The lowest BCUT2D eigenvalue weighted by atomic mass is 10.6. The summed E-state index contributed by atoms with van der Waals surface area (Å²) >= 11 is 1.38. The Kier molecular flexibility index (Phi) is 2.77. The van der Waals surface area contributed by atoms with Crippen LogP contribution >= 0.6 is 11.3 Å². The molecule has 1 N–H and O–H groups in total. The second-order valence-electron chi connectivity index (χ2n) is 2.03. The fourth-order valence-corrected chi connectivity index (χ4v) is 1.20. The summed E-state index contributed by atoms with van der Waals surface area (Å²) in [6.07, 6.45) is 4.04. The highest BCUT2D eigenvalue weighted by atomic mass is 32.2. The van der Waals surface area contributed by atoms with E-state index in [9.17, 15) is 8.42 Å². The molecule has 0 spiro atoms. The van der Waals surface area contributed by atoms with Crippen molar-refractivity contribution < 1.29 is 8.42 Å². The van der Waals surface area contributed by atoms with Crippen LogP contribution in [-0.4, -0.2) is 25.9 Å². The molecule has 0 fully saturated rings. The highest BCUT2D eigenvalue weighted by Crippen LogP contribution is 2.00. The summed E-state index contributed by atoms with van der Waals surface area (Å²) in [5.74, 6) is 0. The Morgan fingerprint density at radius 2 is 2.50 bits per heavy atom. The number of hydrazone groups is 1. The van der Waals surface area contributed by atoms with E-state index < -0.39 is 10.0 Å². The van der Waals surface area contributed by atoms with Crippen molar-refractivity contribution in [2.45, 2.75) is 0 Å². The molecule has 0 radical (unpaired) electrons. The van der Waals surface area contributed by atoms with Crippen LogP contribution in [0.1, 0.15) is 4.88 Å². The molecule has 66 valence electrons. The first-order valence-corrected chi connectivity index (χ1v) is 5.73. The molecule has 0 atom stereocenters. The minimum absolute atomic E-state index is 0.797. The van der Waals surface area contributed by atoms with Crippen molar-refractivity contribution in [3.8, 4) is 0 Å². The van der Waals surface area contributed by atoms with Gasteiger partial charge in [0.25, 0.3) is 0 Å². The van der Waals surface area contributed by atoms with Crippen molar-refractivity contribution in [2.75, 3.05) is 6.26 Å². The molecular weight excluding hydrogens is 198 g/mol. The Morgan fingerprint density at radius 3 is 3.00 bits per heavy atom. The van der Waals surface area contributed by atoms with Crippen LogP contribution in [0, 0.1) is 0 Å². The number of nitrogens with zero attached hydrogens (tertiary/aromatic N) is 2. The third-order valence-electron chi connectivity index (χ3n) is 0.862. The zero-order valence-electron chi connectivity index (χ0n) is 6.26. The number of aromatic nitrogens is 1. The van der Waals surface area contributed by atoms with Gasteiger partial charge in [-0.15, -0.1) is 11.3 Å². The fraction of sp³-hybridized carbons (Fsp3) is 0.200. The predicted octanol–water partition coefficient (Wildman–Crippen LogP) is 0.0262. The molecule has 1 aromatic rings. The Hall–Kier alpha value is -0.950. The molecular formula is C5H7N3O2S2. The topological polar surface area (TPSA) is 71.4 Å². The van der Waals surface area contributed by atoms with Gasteiger partial charge in [0, 0.05) is 6.20 Å². The maximum atomic E-state index is 10.5. The number of sulfonamides is 1. The van der Waals surface area contributed by atoms with Crippen LogP contribution in [0.4, 0.5) is 0 Å². The van der Waals surface area contributed by atoms with E-state index >= 15 is 0 Å². The maximum Gasteiger partial charge on any atom is 0.244 e. The van der Waals surface area contributed by atoms with E-state index in [1.807, 2.05) is 4.83 Å². The van der Waals surface area contributed by atoms with E-state index in [0.29, 0.717) is 0 Å². The second-order valence-corrected chi connectivity index (χ2v) is 4.67. The Morgan fingerprint density at radius 1 is 1.75 bits per heavy atom. The molecule has 0 aliphatic rings. The van der Waals surface area contributed by atoms with Crippen LogP contribution in [0.15, 0.2) is 16.8 Å². The molecule has 1 aromatic heterocycles. The van der Waals surface area contributed by atoms with E-state index in [2.05, 4.69) is 10.1 Å². The van der Waals surface area contributed by atoms with Crippen LogP contribution < -0.4 is 4.83 Å². The third-order valence-corrected chi connectivity index (χ3v) is 2.01. The summed E-state index contributed by atoms with van der Waals surface area (Å²) in [7, 11) is -3.24. The van der Waals surface area contributed by atoms with Crippen molar-refractivity contribution in [3.63, 3.8) is 0 Å². The minimum atomic E-state index is -3.24. The van der Waals surface area contributed by atoms with E-state index in [-0.39, 0.29) is 0 Å². The summed E-state index contributed by atoms with van der Waals surface area (Å²) in [5.41, 5.74) is 1.64. The lowest BCUT2D eigenvalue weighted by Crippen LogP contribution is -2.15. The quantitative estimate of drug-likeness (QED) is 0.559. The Balaban J connectivity index is 2.54. The van der Waals surface area contributed by atoms with Crippen LogP contribution in [0.2, 0.25) is 0 Å². The van der Waals surface area contributed by atoms with Gasteiger partial charge in [-0.2, -0.15) is 5.10 Å². The van der Waals surface area contributed by atoms with Gasteiger partial charge in [-0.1, -0.05) is 0 Å². The number of hydrogen-bond donors (Lipinski definition) is 1. The van der Waals surface area contributed by atoms with Gasteiger partial charge in [-0.3, -0.25) is 4.98 Å². The average Bonchev–Trinajstić information content (AvgIpc) is 2.36. The summed E-state index contributed by atoms with van der Waals surface area (Å²) in [4.78, 5) is 6.57. The van der Waals surface area contributed by atoms with Crippen molar-refractivity contribution in [1.82, 2.24) is 9.82 Å². The molecule has 1 rings (SSSR count). The summed E-state index contributed by atoms with van der Waals surface area (Å²) < 4.78 is 21.0. The van der Waals surface area contributed by atoms with E-state index in [1.165, 1.54) is 17.6 Å². The van der Waals surface area contributed by atoms with Gasteiger partial charge in [0.05, 0.1) is 22.9 Å². The van der Waals surface area contributed by atoms with Gasteiger partial charge in [0.15, 0.2) is 0 Å². The number of rotatable bonds is 3. The summed E-state index contributed by atoms with van der Waals surface area (Å²) in [6, 6.07) is 0. The first-order chi connectivity index (χ1) is 5.58. The monoisotopic (exact) mass is 205 g/mol. The minimum Gasteiger partial charge on any atom is -0.252 e. The highest BCUT2D eigenvalue weighted by Gasteiger charge is 1.94. The van der Waals surface area contributed by atoms with Crippen LogP contribution in [-0.2, 0) is 10.0 Å².